The van der Waals surface area contributed by atoms with E-state index in [9.17, 15) is 0 Å². The van der Waals surface area contributed by atoms with Crippen LogP contribution < -0.4 is 10.5 Å². The Kier molecular flexibility index (Phi) is 3.73. The van der Waals surface area contributed by atoms with Crippen LogP contribution in [0, 0.1) is 0 Å². The highest BCUT2D eigenvalue weighted by atomic mass is 16.5. The summed E-state index contributed by atoms with van der Waals surface area (Å²) in [6.45, 7) is 2.18. The average molecular weight is 281 g/mol. The lowest BCUT2D eigenvalue weighted by Crippen LogP contribution is -2.36. The van der Waals surface area contributed by atoms with E-state index in [-0.39, 0.29) is 5.54 Å². The number of methoxy groups -OCH3 is 1. The zero-order valence-corrected chi connectivity index (χ0v) is 12.9. The smallest absolute Gasteiger partial charge is 0.119 e. The van der Waals surface area contributed by atoms with Gasteiger partial charge >= 0.3 is 0 Å². The van der Waals surface area contributed by atoms with E-state index in [1.807, 2.05) is 6.07 Å². The Morgan fingerprint density at radius 2 is 1.81 bits per heavy atom. The standard InChI is InChI=1S/C19H23NO/c1-3-14-4-6-15(7-5-14)13-19(20)11-10-16-8-9-17(21-2)12-18(16)19/h4-9,12H,3,10-11,13,20H2,1-2H3. The molecule has 0 heterocycles. The molecular formula is C19H23NO. The summed E-state index contributed by atoms with van der Waals surface area (Å²) in [7, 11) is 1.71. The molecule has 110 valence electrons. The number of nitrogens with two attached hydrogens (primary N) is 1. The van der Waals surface area contributed by atoms with Crippen LogP contribution in [0.15, 0.2) is 42.5 Å². The van der Waals surface area contributed by atoms with Gasteiger partial charge < -0.3 is 10.5 Å². The van der Waals surface area contributed by atoms with E-state index in [1.165, 1.54) is 22.3 Å². The van der Waals surface area contributed by atoms with Crippen LogP contribution in [-0.4, -0.2) is 7.11 Å². The summed E-state index contributed by atoms with van der Waals surface area (Å²) in [5.41, 5.74) is 11.8. The summed E-state index contributed by atoms with van der Waals surface area (Å²) < 4.78 is 5.36. The second-order valence-electron chi connectivity index (χ2n) is 6.03. The molecule has 0 amide bonds. The molecular weight excluding hydrogens is 258 g/mol. The fourth-order valence-electron chi connectivity index (χ4n) is 3.30. The molecule has 2 aromatic carbocycles. The first-order chi connectivity index (χ1) is 10.1. The molecule has 0 radical (unpaired) electrons. The van der Waals surface area contributed by atoms with Crippen LogP contribution in [0.3, 0.4) is 0 Å². The third-order valence-electron chi connectivity index (χ3n) is 4.64. The molecule has 2 N–H and O–H groups in total. The second kappa shape index (κ2) is 5.53. The average Bonchev–Trinajstić information content (AvgIpc) is 2.84. The van der Waals surface area contributed by atoms with Crippen molar-refractivity contribution in [2.75, 3.05) is 7.11 Å². The first-order valence-electron chi connectivity index (χ1n) is 7.69. The van der Waals surface area contributed by atoms with Crippen LogP contribution >= 0.6 is 0 Å². The van der Waals surface area contributed by atoms with Crippen LogP contribution in [0.2, 0.25) is 0 Å². The van der Waals surface area contributed by atoms with E-state index in [0.717, 1.165) is 31.4 Å². The molecule has 1 aliphatic carbocycles. The molecule has 1 unspecified atom stereocenters. The van der Waals surface area contributed by atoms with Crippen LogP contribution in [-0.2, 0) is 24.8 Å². The van der Waals surface area contributed by atoms with Gasteiger partial charge in [-0.05, 0) is 60.1 Å². The molecule has 0 fully saturated rings. The maximum absolute atomic E-state index is 6.74. The highest BCUT2D eigenvalue weighted by Crippen LogP contribution is 2.39. The van der Waals surface area contributed by atoms with E-state index in [1.54, 1.807) is 7.11 Å². The van der Waals surface area contributed by atoms with Gasteiger partial charge in [-0.2, -0.15) is 0 Å². The van der Waals surface area contributed by atoms with E-state index in [4.69, 9.17) is 10.5 Å². The van der Waals surface area contributed by atoms with Crippen molar-refractivity contribution < 1.29 is 4.74 Å². The monoisotopic (exact) mass is 281 g/mol. The van der Waals surface area contributed by atoms with Crippen LogP contribution in [0.4, 0.5) is 0 Å². The van der Waals surface area contributed by atoms with Crippen molar-refractivity contribution in [2.45, 2.75) is 38.1 Å². The number of rotatable bonds is 4. The maximum atomic E-state index is 6.74. The third-order valence-corrected chi connectivity index (χ3v) is 4.64. The van der Waals surface area contributed by atoms with Crippen molar-refractivity contribution in [3.8, 4) is 5.75 Å². The molecule has 2 aromatic rings. The summed E-state index contributed by atoms with van der Waals surface area (Å²) in [5.74, 6) is 0.895. The summed E-state index contributed by atoms with van der Waals surface area (Å²) in [5, 5.41) is 0. The topological polar surface area (TPSA) is 35.2 Å². The van der Waals surface area contributed by atoms with E-state index in [2.05, 4.69) is 43.3 Å². The number of benzene rings is 2. The van der Waals surface area contributed by atoms with Gasteiger partial charge in [0.05, 0.1) is 7.11 Å². The van der Waals surface area contributed by atoms with Crippen molar-refractivity contribution >= 4 is 0 Å². The van der Waals surface area contributed by atoms with Crippen molar-refractivity contribution in [1.82, 2.24) is 0 Å². The number of hydrogen-bond acceptors (Lipinski definition) is 2. The molecule has 0 bridgehead atoms. The Labute approximate surface area is 126 Å². The van der Waals surface area contributed by atoms with Crippen LogP contribution in [0.1, 0.15) is 35.6 Å². The van der Waals surface area contributed by atoms with Crippen molar-refractivity contribution in [1.29, 1.82) is 0 Å². The summed E-state index contributed by atoms with van der Waals surface area (Å²) in [6, 6.07) is 15.1. The molecule has 1 aliphatic rings. The van der Waals surface area contributed by atoms with Gasteiger partial charge in [0.2, 0.25) is 0 Å². The zero-order chi connectivity index (χ0) is 14.9. The quantitative estimate of drug-likeness (QED) is 0.929. The van der Waals surface area contributed by atoms with Gasteiger partial charge in [0.15, 0.2) is 0 Å². The molecule has 1 atom stereocenters. The Morgan fingerprint density at radius 3 is 2.48 bits per heavy atom. The largest absolute Gasteiger partial charge is 0.497 e. The van der Waals surface area contributed by atoms with Gasteiger partial charge in [-0.15, -0.1) is 0 Å². The van der Waals surface area contributed by atoms with Gasteiger partial charge in [0.25, 0.3) is 0 Å². The summed E-state index contributed by atoms with van der Waals surface area (Å²) in [6.07, 6.45) is 4.03. The molecule has 2 heteroatoms. The minimum atomic E-state index is -0.266. The van der Waals surface area contributed by atoms with E-state index < -0.39 is 0 Å². The molecule has 2 nitrogen and oxygen atoms in total. The third kappa shape index (κ3) is 2.68. The minimum absolute atomic E-state index is 0.266. The maximum Gasteiger partial charge on any atom is 0.119 e. The predicted octanol–water partition coefficient (Wildman–Crippen LogP) is 3.60. The summed E-state index contributed by atoms with van der Waals surface area (Å²) in [4.78, 5) is 0. The number of aryl methyl sites for hydroxylation is 2. The van der Waals surface area contributed by atoms with Gasteiger partial charge in [0, 0.05) is 5.54 Å². The second-order valence-corrected chi connectivity index (χ2v) is 6.03. The van der Waals surface area contributed by atoms with Crippen molar-refractivity contribution in [3.05, 3.63) is 64.7 Å². The first-order valence-corrected chi connectivity index (χ1v) is 7.69. The van der Waals surface area contributed by atoms with Crippen molar-refractivity contribution in [2.24, 2.45) is 5.73 Å². The SMILES string of the molecule is CCc1ccc(CC2(N)CCc3ccc(OC)cc32)cc1. The fraction of sp³-hybridized carbons (Fsp3) is 0.368. The predicted molar refractivity (Wildman–Crippen MR) is 86.7 cm³/mol. The lowest BCUT2D eigenvalue weighted by atomic mass is 9.86. The highest BCUT2D eigenvalue weighted by Gasteiger charge is 2.35. The van der Waals surface area contributed by atoms with Gasteiger partial charge in [-0.1, -0.05) is 37.3 Å². The van der Waals surface area contributed by atoms with Gasteiger partial charge in [-0.25, -0.2) is 0 Å². The number of fused-ring (bicyclic) bond motifs is 1. The molecule has 0 aromatic heterocycles. The van der Waals surface area contributed by atoms with E-state index >= 15 is 0 Å². The fourth-order valence-corrected chi connectivity index (χ4v) is 3.30. The minimum Gasteiger partial charge on any atom is -0.497 e. The first kappa shape index (κ1) is 14.2. The number of hydrogen-bond donors (Lipinski definition) is 1. The Balaban J connectivity index is 1.89. The zero-order valence-electron chi connectivity index (χ0n) is 12.9. The molecule has 21 heavy (non-hydrogen) atoms. The highest BCUT2D eigenvalue weighted by molar-refractivity contribution is 5.45. The number of ether oxygens (including phenoxy) is 1. The van der Waals surface area contributed by atoms with Crippen molar-refractivity contribution in [3.63, 3.8) is 0 Å². The summed E-state index contributed by atoms with van der Waals surface area (Å²) >= 11 is 0. The lowest BCUT2D eigenvalue weighted by molar-refractivity contribution is 0.407. The van der Waals surface area contributed by atoms with E-state index in [0.29, 0.717) is 0 Å². The Hall–Kier alpha value is -1.80. The Bertz CT molecular complexity index is 633. The molecule has 0 saturated carbocycles. The Morgan fingerprint density at radius 1 is 1.10 bits per heavy atom. The molecule has 0 aliphatic heterocycles. The lowest BCUT2D eigenvalue weighted by Gasteiger charge is -2.26. The van der Waals surface area contributed by atoms with Gasteiger partial charge in [0.1, 0.15) is 5.75 Å². The van der Waals surface area contributed by atoms with Crippen LogP contribution in [0.25, 0.3) is 0 Å². The van der Waals surface area contributed by atoms with Crippen LogP contribution in [0.5, 0.6) is 5.75 Å². The van der Waals surface area contributed by atoms with Gasteiger partial charge in [-0.3, -0.25) is 0 Å². The molecule has 3 rings (SSSR count). The molecule has 0 spiro atoms. The normalized spacial score (nSPS) is 20.3. The molecule has 0 saturated heterocycles.